The van der Waals surface area contributed by atoms with E-state index in [0.29, 0.717) is 33.4 Å². The third-order valence-corrected chi connectivity index (χ3v) is 14.9. The number of hydrogen-bond acceptors (Lipinski definition) is 11. The van der Waals surface area contributed by atoms with Crippen LogP contribution in [0, 0.1) is 29.4 Å². The average molecular weight is 1140 g/mol. The van der Waals surface area contributed by atoms with Gasteiger partial charge in [-0.05, 0) is 125 Å². The zero-order valence-electron chi connectivity index (χ0n) is 43.4. The molecule has 19 nitrogen and oxygen atoms in total. The number of nitrogen functional groups attached to an aromatic ring is 1. The number of aromatic nitrogens is 4. The number of nitrogens with one attached hydrogen (secondary N) is 2. The summed E-state index contributed by atoms with van der Waals surface area (Å²) in [4.78, 5) is 90.8. The number of nitrogens with zero attached hydrogens (tertiary/aromatic N) is 7. The lowest BCUT2D eigenvalue weighted by atomic mass is 10.1. The molecule has 5 aliphatic rings. The molecule has 5 aliphatic carbocycles. The summed E-state index contributed by atoms with van der Waals surface area (Å²) in [6.07, 6.45) is 11.5. The van der Waals surface area contributed by atoms with Crippen LogP contribution in [0.5, 0.6) is 0 Å². The maximum absolute atomic E-state index is 14.2. The molecule has 5 fully saturated rings. The molecule has 0 atom stereocenters. The fourth-order valence-electron chi connectivity index (χ4n) is 9.14. The van der Waals surface area contributed by atoms with Gasteiger partial charge in [0.1, 0.15) is 31.0 Å². The van der Waals surface area contributed by atoms with Crippen molar-refractivity contribution in [2.45, 2.75) is 110 Å². The lowest BCUT2D eigenvalue weighted by Gasteiger charge is -2.25. The molecule has 5 saturated carbocycles. The van der Waals surface area contributed by atoms with E-state index in [0.717, 1.165) is 75.4 Å². The number of anilines is 2. The van der Waals surface area contributed by atoms with Crippen LogP contribution in [-0.4, -0.2) is 109 Å². The standard InChI is InChI=1S/C30H34ClFN6O3.C22H22ClFN6O3.C4H6O.CH4/c31-24-3-1-2-20(28(24)32)13-34-26(39)16-37(21-8-9-21)27(40)17-38-25-11-10-22(12-23(25)29(35-38)30(33)41)36(14-18-4-5-18)15-19-6-7-19;23-16-3-1-2-12(20(16)24)9-27-18(31)10-29(14-5-6-14)19(32)11-30-17-7-4-13(25)8-15(17)21(28-30)22(26)33;5-3-4-1-2-4;/h1-3,10-12,18-19,21H,4-9,13-17H2,(H2,33,41)(H,34,39);1-4,7-8,14H,5-6,9-11,25H2,(H2,26,33)(H,27,31);3-4H,1-2H2;1H4. The Morgan fingerprint density at radius 2 is 1.06 bits per heavy atom. The molecule has 11 rings (SSSR count). The van der Waals surface area contributed by atoms with Crippen LogP contribution in [-0.2, 0) is 50.2 Å². The third-order valence-electron chi connectivity index (χ3n) is 14.3. The summed E-state index contributed by atoms with van der Waals surface area (Å²) >= 11 is 11.6. The molecular weight excluding hydrogens is 1070 g/mol. The highest BCUT2D eigenvalue weighted by atomic mass is 35.5. The van der Waals surface area contributed by atoms with Gasteiger partial charge in [-0.3, -0.25) is 38.1 Å². The Labute approximate surface area is 471 Å². The molecule has 0 spiro atoms. The van der Waals surface area contributed by atoms with Crippen LogP contribution < -0.4 is 32.7 Å². The van der Waals surface area contributed by atoms with Gasteiger partial charge in [0.15, 0.2) is 11.4 Å². The smallest absolute Gasteiger partial charge is 0.269 e. The molecule has 2 heterocycles. The van der Waals surface area contributed by atoms with Crippen LogP contribution in [0.4, 0.5) is 20.2 Å². The van der Waals surface area contributed by atoms with Crippen LogP contribution in [0.2, 0.25) is 10.0 Å². The zero-order chi connectivity index (χ0) is 56.1. The number of amides is 6. The summed E-state index contributed by atoms with van der Waals surface area (Å²) in [7, 11) is 0. The summed E-state index contributed by atoms with van der Waals surface area (Å²) in [5.74, 6) is -2.11. The summed E-state index contributed by atoms with van der Waals surface area (Å²) in [5.41, 5.74) is 20.2. The Bertz CT molecular complexity index is 3300. The Balaban J connectivity index is 0.000000195. The molecule has 0 bridgehead atoms. The van der Waals surface area contributed by atoms with Crippen LogP contribution >= 0.6 is 23.2 Å². The van der Waals surface area contributed by atoms with Gasteiger partial charge in [0, 0.05) is 77.5 Å². The first kappa shape index (κ1) is 58.5. The van der Waals surface area contributed by atoms with E-state index in [-0.39, 0.29) is 103 Å². The van der Waals surface area contributed by atoms with E-state index in [4.69, 9.17) is 40.4 Å². The lowest BCUT2D eigenvalue weighted by molar-refractivity contribution is -0.137. The van der Waals surface area contributed by atoms with Crippen LogP contribution in [0.25, 0.3) is 21.8 Å². The number of carbonyl (C=O) groups is 7. The molecule has 0 radical (unpaired) electrons. The molecule has 6 amide bonds. The van der Waals surface area contributed by atoms with Crippen molar-refractivity contribution >= 4 is 98.1 Å². The summed E-state index contributed by atoms with van der Waals surface area (Å²) in [6.45, 7) is 1.26. The van der Waals surface area contributed by atoms with Gasteiger partial charge in [0.05, 0.1) is 34.2 Å². The first-order chi connectivity index (χ1) is 37.9. The molecule has 0 unspecified atom stereocenters. The minimum absolute atomic E-state index is 0. The molecule has 0 saturated heterocycles. The van der Waals surface area contributed by atoms with Crippen molar-refractivity contribution in [1.82, 2.24) is 40.0 Å². The van der Waals surface area contributed by atoms with E-state index in [1.165, 1.54) is 63.0 Å². The van der Waals surface area contributed by atoms with Gasteiger partial charge in [-0.1, -0.05) is 54.9 Å². The lowest BCUT2D eigenvalue weighted by Crippen LogP contribution is -2.43. The van der Waals surface area contributed by atoms with Crippen molar-refractivity contribution in [3.63, 3.8) is 0 Å². The highest BCUT2D eigenvalue weighted by molar-refractivity contribution is 6.31. The fourth-order valence-corrected chi connectivity index (χ4v) is 9.53. The maximum atomic E-state index is 14.2. The topological polar surface area (TPSA) is 267 Å². The summed E-state index contributed by atoms with van der Waals surface area (Å²) < 4.78 is 31.1. The van der Waals surface area contributed by atoms with Crippen molar-refractivity contribution in [2.24, 2.45) is 29.2 Å². The van der Waals surface area contributed by atoms with Gasteiger partial charge < -0.3 is 47.3 Å². The highest BCUT2D eigenvalue weighted by Gasteiger charge is 2.36. The molecule has 2 aromatic heterocycles. The summed E-state index contributed by atoms with van der Waals surface area (Å²) in [6, 6.07) is 19.8. The zero-order valence-corrected chi connectivity index (χ0v) is 44.9. The fraction of sp³-hybridized carbons (Fsp3) is 0.421. The Morgan fingerprint density at radius 1 is 0.625 bits per heavy atom. The normalized spacial score (nSPS) is 15.3. The predicted molar refractivity (Wildman–Crippen MR) is 300 cm³/mol. The van der Waals surface area contributed by atoms with E-state index < -0.39 is 35.3 Å². The molecule has 8 N–H and O–H groups in total. The number of carbonyl (C=O) groups excluding carboxylic acids is 7. The van der Waals surface area contributed by atoms with Gasteiger partial charge in [0.25, 0.3) is 11.8 Å². The molecule has 424 valence electrons. The van der Waals surface area contributed by atoms with Crippen molar-refractivity contribution in [2.75, 3.05) is 36.8 Å². The van der Waals surface area contributed by atoms with Crippen molar-refractivity contribution in [1.29, 1.82) is 0 Å². The van der Waals surface area contributed by atoms with Crippen molar-refractivity contribution < 1.29 is 42.3 Å². The van der Waals surface area contributed by atoms with E-state index in [1.54, 1.807) is 36.4 Å². The number of halogens is 4. The van der Waals surface area contributed by atoms with Gasteiger partial charge in [-0.15, -0.1) is 0 Å². The van der Waals surface area contributed by atoms with E-state index >= 15 is 0 Å². The first-order valence-electron chi connectivity index (χ1n) is 26.5. The molecule has 80 heavy (non-hydrogen) atoms. The number of benzene rings is 4. The molecule has 23 heteroatoms. The van der Waals surface area contributed by atoms with Gasteiger partial charge >= 0.3 is 0 Å². The number of aldehydes is 1. The van der Waals surface area contributed by atoms with Crippen molar-refractivity contribution in [3.8, 4) is 0 Å². The van der Waals surface area contributed by atoms with E-state index in [9.17, 15) is 42.3 Å². The van der Waals surface area contributed by atoms with E-state index in [2.05, 4.69) is 25.7 Å². The van der Waals surface area contributed by atoms with Crippen LogP contribution in [0.3, 0.4) is 0 Å². The molecule has 0 aliphatic heterocycles. The van der Waals surface area contributed by atoms with E-state index in [1.807, 2.05) is 18.2 Å². The molecular formula is C57H66Cl2F2N12O7. The Morgan fingerprint density at radius 3 is 1.45 bits per heavy atom. The Hall–Kier alpha value is -7.65. The largest absolute Gasteiger partial charge is 0.399 e. The van der Waals surface area contributed by atoms with Gasteiger partial charge in [0.2, 0.25) is 23.6 Å². The first-order valence-corrected chi connectivity index (χ1v) is 27.2. The number of rotatable bonds is 22. The predicted octanol–water partition coefficient (Wildman–Crippen LogP) is 6.91. The molecule has 6 aromatic rings. The van der Waals surface area contributed by atoms with Crippen molar-refractivity contribution in [3.05, 3.63) is 117 Å². The van der Waals surface area contributed by atoms with Gasteiger partial charge in [-0.25, -0.2) is 8.78 Å². The van der Waals surface area contributed by atoms with Gasteiger partial charge in [-0.2, -0.15) is 10.2 Å². The Kier molecular flexibility index (Phi) is 18.7. The quantitative estimate of drug-likeness (QED) is 0.0344. The summed E-state index contributed by atoms with van der Waals surface area (Å²) in [5, 5.41) is 15.0. The number of primary amides is 2. The average Bonchev–Trinajstić information content (AvgIpc) is 4.23. The highest BCUT2D eigenvalue weighted by Crippen LogP contribution is 2.37. The number of nitrogens with two attached hydrogens (primary N) is 3. The van der Waals surface area contributed by atoms with Crippen LogP contribution in [0.15, 0.2) is 72.8 Å². The second-order valence-electron chi connectivity index (χ2n) is 21.0. The van der Waals surface area contributed by atoms with Crippen LogP contribution in [0.1, 0.15) is 104 Å². The SMILES string of the molecule is C.NC(=O)c1nn(CC(=O)N(CC(=O)NCc2cccc(Cl)c2F)C2CC2)c2ccc(N(CC3CC3)CC3CC3)cc12.NC(=O)c1nn(CC(=O)N(CC(=O)NCc2cccc(Cl)c2F)C2CC2)c2ccc(N)cc12.O=CC1CC1. The third kappa shape index (κ3) is 15.2. The monoisotopic (exact) mass is 1140 g/mol. The minimum Gasteiger partial charge on any atom is -0.399 e. The number of hydrogen-bond donors (Lipinski definition) is 5. The number of fused-ring (bicyclic) bond motifs is 2. The minimum atomic E-state index is -0.733. The molecule has 4 aromatic carbocycles. The second-order valence-corrected chi connectivity index (χ2v) is 21.8. The maximum Gasteiger partial charge on any atom is 0.269 e. The second kappa shape index (κ2) is 25.6.